The van der Waals surface area contributed by atoms with Gasteiger partial charge in [-0.25, -0.2) is 4.98 Å². The normalized spacial score (nSPS) is 13.3. The smallest absolute Gasteiger partial charge is 0.261 e. The van der Waals surface area contributed by atoms with Crippen molar-refractivity contribution in [1.82, 2.24) is 20.4 Å². The fourth-order valence-electron chi connectivity index (χ4n) is 3.79. The maximum atomic E-state index is 11.8. The van der Waals surface area contributed by atoms with Crippen molar-refractivity contribution in [3.8, 4) is 11.5 Å². The zero-order chi connectivity index (χ0) is 22.8. The van der Waals surface area contributed by atoms with Crippen LogP contribution in [-0.2, 0) is 6.54 Å². The Bertz CT molecular complexity index is 1300. The van der Waals surface area contributed by atoms with Crippen LogP contribution in [0.1, 0.15) is 33.4 Å². The first-order valence-corrected chi connectivity index (χ1v) is 10.5. The van der Waals surface area contributed by atoms with Crippen molar-refractivity contribution in [3.63, 3.8) is 0 Å². The van der Waals surface area contributed by atoms with E-state index in [1.807, 2.05) is 48.5 Å². The lowest BCUT2D eigenvalue weighted by Gasteiger charge is -2.20. The largest absolute Gasteiger partial charge is 0.394 e. The number of amides is 1. The number of carbonyl (C=O) groups excluding carboxylic acids is 1. The van der Waals surface area contributed by atoms with Gasteiger partial charge in [-0.1, -0.05) is 35.5 Å². The topological polar surface area (TPSA) is 125 Å². The van der Waals surface area contributed by atoms with E-state index >= 15 is 0 Å². The molecule has 1 amide bonds. The first-order chi connectivity index (χ1) is 16.1. The summed E-state index contributed by atoms with van der Waals surface area (Å²) in [5.41, 5.74) is 4.68. The van der Waals surface area contributed by atoms with Crippen LogP contribution in [0.15, 0.2) is 65.3 Å². The van der Waals surface area contributed by atoms with E-state index in [0.717, 1.165) is 16.8 Å². The van der Waals surface area contributed by atoms with Crippen molar-refractivity contribution >= 4 is 23.1 Å². The summed E-state index contributed by atoms with van der Waals surface area (Å²) in [6.07, 6.45) is 1.65. The highest BCUT2D eigenvalue weighted by molar-refractivity contribution is 5.98. The standard InChI is InChI=1S/C24H22N6O3/c1-14-27-24(33-30-14)19-12-25-22(28-17-7-8-18-16(9-17)11-26-23(18)32)10-20(19)29-21(13-31)15-5-3-2-4-6-15/h2-10,12,21,31H,11,13H2,1H3,(H,26,32)(H2,25,28,29)/t21-/m1/s1. The molecule has 0 fully saturated rings. The Morgan fingerprint density at radius 1 is 1.15 bits per heavy atom. The van der Waals surface area contributed by atoms with Crippen LogP contribution in [0.25, 0.3) is 11.5 Å². The molecule has 33 heavy (non-hydrogen) atoms. The molecule has 2 aromatic heterocycles. The number of nitrogens with one attached hydrogen (secondary N) is 3. The molecule has 166 valence electrons. The summed E-state index contributed by atoms with van der Waals surface area (Å²) in [6, 6.07) is 16.7. The Morgan fingerprint density at radius 3 is 2.76 bits per heavy atom. The van der Waals surface area contributed by atoms with Crippen LogP contribution in [0.2, 0.25) is 0 Å². The van der Waals surface area contributed by atoms with Gasteiger partial charge in [-0.05, 0) is 36.2 Å². The SMILES string of the molecule is Cc1noc(-c2cnc(Nc3ccc4c(c3)CNC4=O)cc2N[C@H](CO)c2ccccc2)n1. The fraction of sp³-hybridized carbons (Fsp3) is 0.167. The maximum Gasteiger partial charge on any atom is 0.261 e. The summed E-state index contributed by atoms with van der Waals surface area (Å²) >= 11 is 0. The van der Waals surface area contributed by atoms with Gasteiger partial charge in [-0.15, -0.1) is 0 Å². The molecule has 0 saturated carbocycles. The first kappa shape index (κ1) is 20.7. The number of anilines is 3. The van der Waals surface area contributed by atoms with Gasteiger partial charge in [-0.3, -0.25) is 4.79 Å². The van der Waals surface area contributed by atoms with Crippen LogP contribution in [0, 0.1) is 6.92 Å². The van der Waals surface area contributed by atoms with Crippen LogP contribution in [0.5, 0.6) is 0 Å². The average molecular weight is 442 g/mol. The molecule has 9 nitrogen and oxygen atoms in total. The van der Waals surface area contributed by atoms with Crippen molar-refractivity contribution < 1.29 is 14.4 Å². The minimum absolute atomic E-state index is 0.0590. The second-order valence-electron chi connectivity index (χ2n) is 7.73. The molecule has 5 rings (SSSR count). The molecule has 0 aliphatic carbocycles. The van der Waals surface area contributed by atoms with Crippen molar-refractivity contribution in [1.29, 1.82) is 0 Å². The summed E-state index contributed by atoms with van der Waals surface area (Å²) in [4.78, 5) is 20.6. The van der Waals surface area contributed by atoms with E-state index < -0.39 is 0 Å². The zero-order valence-electron chi connectivity index (χ0n) is 17.9. The fourth-order valence-corrected chi connectivity index (χ4v) is 3.79. The summed E-state index contributed by atoms with van der Waals surface area (Å²) < 4.78 is 5.37. The van der Waals surface area contributed by atoms with E-state index in [9.17, 15) is 9.90 Å². The molecule has 1 atom stereocenters. The highest BCUT2D eigenvalue weighted by Gasteiger charge is 2.20. The van der Waals surface area contributed by atoms with Crippen molar-refractivity contribution in [2.45, 2.75) is 19.5 Å². The number of aromatic nitrogens is 3. The van der Waals surface area contributed by atoms with Crippen LogP contribution >= 0.6 is 0 Å². The van der Waals surface area contributed by atoms with Gasteiger partial charge in [0.2, 0.25) is 0 Å². The predicted molar refractivity (Wildman–Crippen MR) is 123 cm³/mol. The Labute approximate surface area is 189 Å². The molecule has 4 N–H and O–H groups in total. The van der Waals surface area contributed by atoms with Gasteiger partial charge in [0.05, 0.1) is 23.9 Å². The van der Waals surface area contributed by atoms with E-state index in [0.29, 0.717) is 40.9 Å². The summed E-state index contributed by atoms with van der Waals surface area (Å²) in [7, 11) is 0. The van der Waals surface area contributed by atoms with Crippen molar-refractivity contribution in [2.24, 2.45) is 0 Å². The molecular formula is C24H22N6O3. The number of hydrogen-bond donors (Lipinski definition) is 4. The third-order valence-corrected chi connectivity index (χ3v) is 5.44. The monoisotopic (exact) mass is 442 g/mol. The van der Waals surface area contributed by atoms with Crippen LogP contribution in [-0.4, -0.2) is 32.7 Å². The number of carbonyl (C=O) groups is 1. The van der Waals surface area contributed by atoms with E-state index in [1.54, 1.807) is 19.2 Å². The highest BCUT2D eigenvalue weighted by Crippen LogP contribution is 2.32. The molecule has 3 heterocycles. The minimum atomic E-state index is -0.346. The third kappa shape index (κ3) is 4.26. The van der Waals surface area contributed by atoms with E-state index in [1.165, 1.54) is 0 Å². The second-order valence-corrected chi connectivity index (χ2v) is 7.73. The summed E-state index contributed by atoms with van der Waals surface area (Å²) in [5.74, 6) is 1.37. The quantitative estimate of drug-likeness (QED) is 0.342. The number of rotatable bonds is 7. The maximum absolute atomic E-state index is 11.8. The van der Waals surface area contributed by atoms with Gasteiger partial charge >= 0.3 is 0 Å². The second kappa shape index (κ2) is 8.71. The lowest BCUT2D eigenvalue weighted by atomic mass is 10.1. The van der Waals surface area contributed by atoms with Gasteiger partial charge in [-0.2, -0.15) is 4.98 Å². The third-order valence-electron chi connectivity index (χ3n) is 5.44. The Hall–Kier alpha value is -4.24. The van der Waals surface area contributed by atoms with Crippen LogP contribution in [0.3, 0.4) is 0 Å². The Kier molecular flexibility index (Phi) is 5.45. The lowest BCUT2D eigenvalue weighted by molar-refractivity contribution is 0.0965. The Morgan fingerprint density at radius 2 is 2.00 bits per heavy atom. The first-order valence-electron chi connectivity index (χ1n) is 10.5. The molecule has 1 aliphatic rings. The predicted octanol–water partition coefficient (Wildman–Crippen LogP) is 3.57. The number of nitrogens with zero attached hydrogens (tertiary/aromatic N) is 3. The molecule has 0 unspecified atom stereocenters. The molecule has 0 radical (unpaired) electrons. The highest BCUT2D eigenvalue weighted by atomic mass is 16.5. The lowest BCUT2D eigenvalue weighted by Crippen LogP contribution is -2.15. The van der Waals surface area contributed by atoms with Crippen molar-refractivity contribution in [2.75, 3.05) is 17.2 Å². The number of aliphatic hydroxyl groups is 1. The Balaban J connectivity index is 1.48. The molecule has 4 aromatic rings. The van der Waals surface area contributed by atoms with Gasteiger partial charge in [0.15, 0.2) is 5.82 Å². The number of pyridine rings is 1. The average Bonchev–Trinajstić information content (AvgIpc) is 3.43. The van der Waals surface area contributed by atoms with Crippen LogP contribution in [0.4, 0.5) is 17.2 Å². The van der Waals surface area contributed by atoms with Crippen molar-refractivity contribution in [3.05, 3.63) is 83.3 Å². The van der Waals surface area contributed by atoms with E-state index in [4.69, 9.17) is 4.52 Å². The minimum Gasteiger partial charge on any atom is -0.394 e. The van der Waals surface area contributed by atoms with E-state index in [2.05, 4.69) is 31.1 Å². The molecular weight excluding hydrogens is 420 g/mol. The molecule has 9 heteroatoms. The number of aliphatic hydroxyl groups excluding tert-OH is 1. The number of hydrogen-bond acceptors (Lipinski definition) is 8. The zero-order valence-corrected chi connectivity index (χ0v) is 17.9. The molecule has 0 spiro atoms. The number of fused-ring (bicyclic) bond motifs is 1. The van der Waals surface area contributed by atoms with E-state index in [-0.39, 0.29) is 18.6 Å². The summed E-state index contributed by atoms with van der Waals surface area (Å²) in [5, 5.41) is 23.4. The van der Waals surface area contributed by atoms with Gasteiger partial charge in [0.25, 0.3) is 11.8 Å². The number of benzene rings is 2. The molecule has 0 bridgehead atoms. The van der Waals surface area contributed by atoms with Gasteiger partial charge in [0, 0.05) is 30.1 Å². The van der Waals surface area contributed by atoms with Gasteiger partial charge in [0.1, 0.15) is 5.82 Å². The molecule has 1 aliphatic heterocycles. The van der Waals surface area contributed by atoms with Crippen LogP contribution < -0.4 is 16.0 Å². The summed E-state index contributed by atoms with van der Waals surface area (Å²) in [6.45, 7) is 2.15. The van der Waals surface area contributed by atoms with Gasteiger partial charge < -0.3 is 25.6 Å². The molecule has 2 aromatic carbocycles. The number of aryl methyl sites for hydroxylation is 1. The molecule has 0 saturated heterocycles.